The first-order valence-electron chi connectivity index (χ1n) is 8.14. The first-order valence-corrected chi connectivity index (χ1v) is 8.14. The zero-order chi connectivity index (χ0) is 13.9. The molecule has 0 radical (unpaired) electrons. The summed E-state index contributed by atoms with van der Waals surface area (Å²) >= 11 is 0. The topological polar surface area (TPSA) is 50.1 Å². The van der Waals surface area contributed by atoms with Gasteiger partial charge in [-0.05, 0) is 52.0 Å². The highest BCUT2D eigenvalue weighted by molar-refractivity contribution is 5.20. The summed E-state index contributed by atoms with van der Waals surface area (Å²) in [7, 11) is 0. The molecule has 3 rings (SSSR count). The van der Waals surface area contributed by atoms with Crippen molar-refractivity contribution in [1.29, 1.82) is 0 Å². The first-order chi connectivity index (χ1) is 9.75. The fourth-order valence-corrected chi connectivity index (χ4v) is 3.96. The molecule has 2 aliphatic rings. The van der Waals surface area contributed by atoms with E-state index in [9.17, 15) is 0 Å². The van der Waals surface area contributed by atoms with Crippen molar-refractivity contribution < 1.29 is 4.52 Å². The molecule has 1 aliphatic carbocycles. The minimum Gasteiger partial charge on any atom is -0.361 e. The second-order valence-corrected chi connectivity index (χ2v) is 6.44. The molecule has 1 aromatic rings. The molecule has 2 N–H and O–H groups in total. The monoisotopic (exact) mass is 277 g/mol. The Kier molecular flexibility index (Phi) is 4.41. The Hall–Kier alpha value is -0.870. The van der Waals surface area contributed by atoms with Gasteiger partial charge in [-0.25, -0.2) is 0 Å². The van der Waals surface area contributed by atoms with Gasteiger partial charge in [0.25, 0.3) is 0 Å². The Morgan fingerprint density at radius 2 is 2.05 bits per heavy atom. The summed E-state index contributed by atoms with van der Waals surface area (Å²) < 4.78 is 5.26. The molecule has 20 heavy (non-hydrogen) atoms. The zero-order valence-electron chi connectivity index (χ0n) is 12.7. The maximum atomic E-state index is 5.26. The van der Waals surface area contributed by atoms with Crippen molar-refractivity contribution in [2.75, 3.05) is 6.54 Å². The molecule has 1 saturated heterocycles. The molecule has 4 heteroatoms. The number of aromatic nitrogens is 1. The van der Waals surface area contributed by atoms with Crippen LogP contribution in [0.15, 0.2) is 4.52 Å². The summed E-state index contributed by atoms with van der Waals surface area (Å²) in [5, 5.41) is 11.5. The predicted molar refractivity (Wildman–Crippen MR) is 79.6 cm³/mol. The van der Waals surface area contributed by atoms with Gasteiger partial charge in [-0.3, -0.25) is 0 Å². The van der Waals surface area contributed by atoms with E-state index in [1.807, 2.05) is 13.8 Å². The van der Waals surface area contributed by atoms with E-state index in [0.717, 1.165) is 30.0 Å². The van der Waals surface area contributed by atoms with E-state index in [1.54, 1.807) is 0 Å². The van der Waals surface area contributed by atoms with E-state index in [0.29, 0.717) is 6.04 Å². The number of hydrogen-bond donors (Lipinski definition) is 2. The standard InChI is InChI=1S/C16H27N3O/c1-11-14(12(2)20-19-11)10-18-16-7-4-3-6-13(16)15-8-5-9-17-15/h13,15-18H,3-10H2,1-2H3. The molecule has 0 amide bonds. The SMILES string of the molecule is Cc1noc(C)c1CNC1CCCCC1C1CCCN1. The molecule has 2 fully saturated rings. The van der Waals surface area contributed by atoms with Gasteiger partial charge in [0.05, 0.1) is 5.69 Å². The van der Waals surface area contributed by atoms with Gasteiger partial charge in [0.2, 0.25) is 0 Å². The van der Waals surface area contributed by atoms with Gasteiger partial charge in [-0.1, -0.05) is 18.0 Å². The van der Waals surface area contributed by atoms with Crippen molar-refractivity contribution >= 4 is 0 Å². The maximum Gasteiger partial charge on any atom is 0.138 e. The molecule has 3 unspecified atom stereocenters. The molecule has 1 saturated carbocycles. The first kappa shape index (κ1) is 14.1. The Balaban J connectivity index is 1.62. The summed E-state index contributed by atoms with van der Waals surface area (Å²) in [6.07, 6.45) is 8.14. The van der Waals surface area contributed by atoms with E-state index < -0.39 is 0 Å². The average Bonchev–Trinajstić information content (AvgIpc) is 3.09. The van der Waals surface area contributed by atoms with Crippen LogP contribution in [-0.2, 0) is 6.54 Å². The van der Waals surface area contributed by atoms with Crippen LogP contribution in [0, 0.1) is 19.8 Å². The number of hydrogen-bond acceptors (Lipinski definition) is 4. The highest BCUT2D eigenvalue weighted by Crippen LogP contribution is 2.31. The van der Waals surface area contributed by atoms with Gasteiger partial charge in [0.1, 0.15) is 5.76 Å². The number of nitrogens with one attached hydrogen (secondary N) is 2. The highest BCUT2D eigenvalue weighted by Gasteiger charge is 2.33. The van der Waals surface area contributed by atoms with Crippen LogP contribution in [0.5, 0.6) is 0 Å². The van der Waals surface area contributed by atoms with Crippen molar-refractivity contribution in [3.8, 4) is 0 Å². The molecule has 1 aromatic heterocycles. The average molecular weight is 277 g/mol. The lowest BCUT2D eigenvalue weighted by molar-refractivity contribution is 0.213. The predicted octanol–water partition coefficient (Wildman–Crippen LogP) is 2.69. The van der Waals surface area contributed by atoms with Gasteiger partial charge < -0.3 is 15.2 Å². The van der Waals surface area contributed by atoms with Crippen molar-refractivity contribution in [1.82, 2.24) is 15.8 Å². The molecular weight excluding hydrogens is 250 g/mol. The molecule has 4 nitrogen and oxygen atoms in total. The third kappa shape index (κ3) is 2.91. The largest absolute Gasteiger partial charge is 0.361 e. The minimum absolute atomic E-state index is 0.646. The molecule has 0 aromatic carbocycles. The lowest BCUT2D eigenvalue weighted by atomic mass is 9.79. The van der Waals surface area contributed by atoms with E-state index in [2.05, 4.69) is 15.8 Å². The number of rotatable bonds is 4. The van der Waals surface area contributed by atoms with E-state index in [1.165, 1.54) is 50.6 Å². The van der Waals surface area contributed by atoms with Crippen molar-refractivity contribution in [3.05, 3.63) is 17.0 Å². The van der Waals surface area contributed by atoms with Crippen LogP contribution in [0.3, 0.4) is 0 Å². The second-order valence-electron chi connectivity index (χ2n) is 6.44. The van der Waals surface area contributed by atoms with Crippen LogP contribution >= 0.6 is 0 Å². The molecule has 3 atom stereocenters. The smallest absolute Gasteiger partial charge is 0.138 e. The van der Waals surface area contributed by atoms with Crippen molar-refractivity contribution in [3.63, 3.8) is 0 Å². The zero-order valence-corrected chi connectivity index (χ0v) is 12.7. The Morgan fingerprint density at radius 1 is 1.20 bits per heavy atom. The molecule has 2 heterocycles. The van der Waals surface area contributed by atoms with Gasteiger partial charge in [0.15, 0.2) is 0 Å². The van der Waals surface area contributed by atoms with Gasteiger partial charge in [0, 0.05) is 24.2 Å². The fraction of sp³-hybridized carbons (Fsp3) is 0.812. The summed E-state index contributed by atoms with van der Waals surface area (Å²) in [6, 6.07) is 1.38. The van der Waals surface area contributed by atoms with Crippen LogP contribution in [0.4, 0.5) is 0 Å². The Labute approximate surface area is 121 Å². The van der Waals surface area contributed by atoms with E-state index in [-0.39, 0.29) is 0 Å². The normalized spacial score (nSPS) is 30.8. The van der Waals surface area contributed by atoms with Crippen LogP contribution in [0.1, 0.15) is 55.5 Å². The summed E-state index contributed by atoms with van der Waals surface area (Å²) in [5.41, 5.74) is 2.27. The lowest BCUT2D eigenvalue weighted by Crippen LogP contribution is -2.46. The summed E-state index contributed by atoms with van der Waals surface area (Å²) in [4.78, 5) is 0. The molecule has 112 valence electrons. The quantitative estimate of drug-likeness (QED) is 0.888. The second kappa shape index (κ2) is 6.27. The van der Waals surface area contributed by atoms with Crippen LogP contribution in [0.2, 0.25) is 0 Å². The lowest BCUT2D eigenvalue weighted by Gasteiger charge is -2.36. The van der Waals surface area contributed by atoms with Crippen LogP contribution in [0.25, 0.3) is 0 Å². The van der Waals surface area contributed by atoms with Gasteiger partial charge in [-0.15, -0.1) is 0 Å². The third-order valence-electron chi connectivity index (χ3n) is 5.16. The van der Waals surface area contributed by atoms with Gasteiger partial charge in [-0.2, -0.15) is 0 Å². The van der Waals surface area contributed by atoms with Crippen molar-refractivity contribution in [2.24, 2.45) is 5.92 Å². The van der Waals surface area contributed by atoms with Crippen LogP contribution in [-0.4, -0.2) is 23.8 Å². The van der Waals surface area contributed by atoms with Gasteiger partial charge >= 0.3 is 0 Å². The Bertz CT molecular complexity index is 417. The number of nitrogens with zero attached hydrogens (tertiary/aromatic N) is 1. The Morgan fingerprint density at radius 3 is 2.75 bits per heavy atom. The van der Waals surface area contributed by atoms with Crippen LogP contribution < -0.4 is 10.6 Å². The minimum atomic E-state index is 0.646. The third-order valence-corrected chi connectivity index (χ3v) is 5.16. The van der Waals surface area contributed by atoms with Crippen molar-refractivity contribution in [2.45, 2.75) is 71.0 Å². The molecule has 0 spiro atoms. The van der Waals surface area contributed by atoms with E-state index in [4.69, 9.17) is 4.52 Å². The fourth-order valence-electron chi connectivity index (χ4n) is 3.96. The molecule has 0 bridgehead atoms. The molecular formula is C16H27N3O. The maximum absolute atomic E-state index is 5.26. The summed E-state index contributed by atoms with van der Waals surface area (Å²) in [6.45, 7) is 6.14. The molecule has 1 aliphatic heterocycles. The number of aryl methyl sites for hydroxylation is 2. The van der Waals surface area contributed by atoms with E-state index >= 15 is 0 Å². The summed E-state index contributed by atoms with van der Waals surface area (Å²) in [5.74, 6) is 1.76. The highest BCUT2D eigenvalue weighted by atomic mass is 16.5.